The summed E-state index contributed by atoms with van der Waals surface area (Å²) in [6.45, 7) is 3.15. The van der Waals surface area contributed by atoms with Crippen LogP contribution in [0.3, 0.4) is 0 Å². The van der Waals surface area contributed by atoms with Crippen LogP contribution in [0.2, 0.25) is 0 Å². The highest BCUT2D eigenvalue weighted by Gasteiger charge is 2.47. The van der Waals surface area contributed by atoms with Crippen molar-refractivity contribution in [2.24, 2.45) is 7.05 Å². The summed E-state index contributed by atoms with van der Waals surface area (Å²) in [6, 6.07) is 0. The molecule has 0 radical (unpaired) electrons. The van der Waals surface area contributed by atoms with Gasteiger partial charge in [0.25, 0.3) is 5.91 Å². The predicted molar refractivity (Wildman–Crippen MR) is 67.6 cm³/mol. The van der Waals surface area contributed by atoms with Crippen LogP contribution in [0.25, 0.3) is 0 Å². The molecule has 1 spiro atoms. The molecular weight excluding hydrogens is 232 g/mol. The lowest BCUT2D eigenvalue weighted by Gasteiger charge is -2.33. The maximum absolute atomic E-state index is 12.3. The van der Waals surface area contributed by atoms with Crippen LogP contribution in [-0.2, 0) is 23.0 Å². The molecule has 1 atom stereocenters. The molecule has 1 amide bonds. The van der Waals surface area contributed by atoms with Gasteiger partial charge in [-0.2, -0.15) is 5.10 Å². The molecule has 6 heteroatoms. The molecule has 6 nitrogen and oxygen atoms in total. The van der Waals surface area contributed by atoms with Gasteiger partial charge in [-0.1, -0.05) is 13.3 Å². The van der Waals surface area contributed by atoms with Gasteiger partial charge in [-0.15, -0.1) is 0 Å². The fraction of sp³-hybridized carbons (Fsp3) is 0.667. The fourth-order valence-electron chi connectivity index (χ4n) is 2.63. The van der Waals surface area contributed by atoms with Crippen LogP contribution in [-0.4, -0.2) is 34.4 Å². The van der Waals surface area contributed by atoms with Gasteiger partial charge < -0.3 is 15.4 Å². The third-order valence-electron chi connectivity index (χ3n) is 3.66. The van der Waals surface area contributed by atoms with Gasteiger partial charge in [-0.05, 0) is 6.42 Å². The monoisotopic (exact) mass is 250 g/mol. The molecule has 1 saturated heterocycles. The number of fused-ring (bicyclic) bond motifs is 1. The van der Waals surface area contributed by atoms with E-state index in [2.05, 4.69) is 22.7 Å². The SMILES string of the molecule is CCCc1nn(C)c2c1NC(=O)C1(CCOC1)N2. The fourth-order valence-corrected chi connectivity index (χ4v) is 2.63. The molecule has 2 N–H and O–H groups in total. The number of anilines is 2. The van der Waals surface area contributed by atoms with E-state index in [1.54, 1.807) is 4.68 Å². The van der Waals surface area contributed by atoms with Crippen LogP contribution in [0.5, 0.6) is 0 Å². The third-order valence-corrected chi connectivity index (χ3v) is 3.66. The highest BCUT2D eigenvalue weighted by atomic mass is 16.5. The first-order valence-electron chi connectivity index (χ1n) is 6.39. The van der Waals surface area contributed by atoms with Crippen LogP contribution < -0.4 is 10.6 Å². The minimum Gasteiger partial charge on any atom is -0.378 e. The Kier molecular flexibility index (Phi) is 2.55. The minimum absolute atomic E-state index is 0.00199. The quantitative estimate of drug-likeness (QED) is 0.818. The third kappa shape index (κ3) is 1.52. The van der Waals surface area contributed by atoms with Crippen LogP contribution in [0.15, 0.2) is 0 Å². The van der Waals surface area contributed by atoms with Gasteiger partial charge in [-0.3, -0.25) is 9.48 Å². The molecule has 18 heavy (non-hydrogen) atoms. The maximum atomic E-state index is 12.3. The second-order valence-corrected chi connectivity index (χ2v) is 5.01. The van der Waals surface area contributed by atoms with Crippen LogP contribution in [0, 0.1) is 0 Å². The Morgan fingerprint density at radius 1 is 1.56 bits per heavy atom. The van der Waals surface area contributed by atoms with E-state index in [0.29, 0.717) is 19.6 Å². The van der Waals surface area contributed by atoms with Crippen molar-refractivity contribution in [3.05, 3.63) is 5.69 Å². The van der Waals surface area contributed by atoms with Crippen molar-refractivity contribution in [2.75, 3.05) is 23.8 Å². The van der Waals surface area contributed by atoms with Crippen LogP contribution in [0.1, 0.15) is 25.5 Å². The van der Waals surface area contributed by atoms with Crippen LogP contribution in [0.4, 0.5) is 11.5 Å². The van der Waals surface area contributed by atoms with Gasteiger partial charge in [0.05, 0.1) is 12.3 Å². The Morgan fingerprint density at radius 3 is 3.06 bits per heavy atom. The molecule has 0 aliphatic carbocycles. The number of hydrogen-bond acceptors (Lipinski definition) is 4. The van der Waals surface area contributed by atoms with E-state index < -0.39 is 5.54 Å². The standard InChI is InChI=1S/C12H18N4O2/c1-3-4-8-9-10(16(2)15-8)14-12(11(17)13-9)5-6-18-7-12/h14H,3-7H2,1-2H3,(H,13,17). The number of nitrogens with zero attached hydrogens (tertiary/aromatic N) is 2. The molecule has 1 fully saturated rings. The number of rotatable bonds is 2. The van der Waals surface area contributed by atoms with Crippen molar-refractivity contribution in [3.63, 3.8) is 0 Å². The van der Waals surface area contributed by atoms with Gasteiger partial charge in [-0.25, -0.2) is 0 Å². The molecule has 2 aliphatic heterocycles. The number of hydrogen-bond donors (Lipinski definition) is 2. The molecule has 3 heterocycles. The first-order chi connectivity index (χ1) is 8.66. The summed E-state index contributed by atoms with van der Waals surface area (Å²) in [5.41, 5.74) is 1.18. The van der Waals surface area contributed by atoms with E-state index in [0.717, 1.165) is 30.0 Å². The number of nitrogens with one attached hydrogen (secondary N) is 2. The number of carbonyl (C=O) groups excluding carboxylic acids is 1. The zero-order chi connectivity index (χ0) is 12.8. The lowest BCUT2D eigenvalue weighted by molar-refractivity contribution is -0.120. The van der Waals surface area contributed by atoms with Gasteiger partial charge in [0, 0.05) is 20.1 Å². The van der Waals surface area contributed by atoms with Gasteiger partial charge in [0.1, 0.15) is 17.0 Å². The Bertz CT molecular complexity index is 489. The lowest BCUT2D eigenvalue weighted by Crippen LogP contribution is -2.53. The van der Waals surface area contributed by atoms with Gasteiger partial charge >= 0.3 is 0 Å². The molecule has 2 aliphatic rings. The molecule has 0 saturated carbocycles. The van der Waals surface area contributed by atoms with E-state index in [9.17, 15) is 4.79 Å². The average Bonchev–Trinajstić information content (AvgIpc) is 2.91. The number of carbonyl (C=O) groups is 1. The molecule has 98 valence electrons. The first-order valence-corrected chi connectivity index (χ1v) is 6.39. The largest absolute Gasteiger partial charge is 0.378 e. The zero-order valence-corrected chi connectivity index (χ0v) is 10.7. The van der Waals surface area contributed by atoms with E-state index in [4.69, 9.17) is 4.74 Å². The summed E-state index contributed by atoms with van der Waals surface area (Å²) >= 11 is 0. The summed E-state index contributed by atoms with van der Waals surface area (Å²) in [6.07, 6.45) is 2.58. The van der Waals surface area contributed by atoms with Crippen LogP contribution >= 0.6 is 0 Å². The molecule has 1 unspecified atom stereocenters. The van der Waals surface area contributed by atoms with Crippen molar-refractivity contribution < 1.29 is 9.53 Å². The maximum Gasteiger partial charge on any atom is 0.252 e. The summed E-state index contributed by atoms with van der Waals surface area (Å²) < 4.78 is 7.17. The van der Waals surface area contributed by atoms with E-state index in [1.807, 2.05) is 7.05 Å². The summed E-state index contributed by atoms with van der Waals surface area (Å²) in [5.74, 6) is 0.890. The summed E-state index contributed by atoms with van der Waals surface area (Å²) in [7, 11) is 1.89. The Balaban J connectivity index is 2.00. The van der Waals surface area contributed by atoms with E-state index >= 15 is 0 Å². The van der Waals surface area contributed by atoms with Crippen molar-refractivity contribution in [3.8, 4) is 0 Å². The molecule has 3 rings (SSSR count). The van der Waals surface area contributed by atoms with Gasteiger partial charge in [0.15, 0.2) is 0 Å². The highest BCUT2D eigenvalue weighted by molar-refractivity contribution is 6.06. The average molecular weight is 250 g/mol. The highest BCUT2D eigenvalue weighted by Crippen LogP contribution is 2.37. The normalized spacial score (nSPS) is 26.0. The summed E-state index contributed by atoms with van der Waals surface area (Å²) in [4.78, 5) is 12.3. The zero-order valence-electron chi connectivity index (χ0n) is 10.7. The molecule has 1 aromatic rings. The molecule has 1 aromatic heterocycles. The number of amides is 1. The smallest absolute Gasteiger partial charge is 0.252 e. The predicted octanol–water partition coefficient (Wildman–Crippen LogP) is 0.896. The molecular formula is C12H18N4O2. The number of ether oxygens (including phenoxy) is 1. The minimum atomic E-state index is -0.607. The lowest BCUT2D eigenvalue weighted by atomic mass is 9.95. The van der Waals surface area contributed by atoms with E-state index in [-0.39, 0.29) is 5.91 Å². The molecule has 0 aromatic carbocycles. The van der Waals surface area contributed by atoms with Gasteiger partial charge in [0.2, 0.25) is 0 Å². The summed E-state index contributed by atoms with van der Waals surface area (Å²) in [5, 5.41) is 10.8. The van der Waals surface area contributed by atoms with Crippen molar-refractivity contribution in [1.29, 1.82) is 0 Å². The Labute approximate surface area is 106 Å². The Morgan fingerprint density at radius 2 is 2.39 bits per heavy atom. The van der Waals surface area contributed by atoms with E-state index in [1.165, 1.54) is 0 Å². The van der Waals surface area contributed by atoms with Crippen molar-refractivity contribution in [1.82, 2.24) is 9.78 Å². The second kappa shape index (κ2) is 3.98. The van der Waals surface area contributed by atoms with Crippen molar-refractivity contribution in [2.45, 2.75) is 31.7 Å². The second-order valence-electron chi connectivity index (χ2n) is 5.01. The topological polar surface area (TPSA) is 68.2 Å². The number of aromatic nitrogens is 2. The number of aryl methyl sites for hydroxylation is 2. The first kappa shape index (κ1) is 11.5. The van der Waals surface area contributed by atoms with Crippen molar-refractivity contribution >= 4 is 17.4 Å². The Hall–Kier alpha value is -1.56. The molecule has 0 bridgehead atoms.